The number of fused-ring (bicyclic) bond motifs is 1. The molecule has 1 aromatic carbocycles. The summed E-state index contributed by atoms with van der Waals surface area (Å²) in [6.07, 6.45) is 0.798. The Morgan fingerprint density at radius 2 is 2.04 bits per heavy atom. The van der Waals surface area contributed by atoms with E-state index in [1.54, 1.807) is 32.9 Å². The van der Waals surface area contributed by atoms with Crippen molar-refractivity contribution in [1.29, 1.82) is 0 Å². The minimum atomic E-state index is -3.61. The molecule has 1 amide bonds. The van der Waals surface area contributed by atoms with Crippen LogP contribution in [0.1, 0.15) is 41.2 Å². The van der Waals surface area contributed by atoms with Gasteiger partial charge in [-0.2, -0.15) is 9.40 Å². The van der Waals surface area contributed by atoms with Crippen LogP contribution in [-0.2, 0) is 23.0 Å². The Bertz CT molecular complexity index is 948. The Balaban J connectivity index is 1.88. The quantitative estimate of drug-likeness (QED) is 0.694. The number of rotatable bonds is 6. The first kappa shape index (κ1) is 19.5. The standard InChI is InChI=1S/C18H25N5O3S/c1-4-23(5-2)27(25,26)16-10-13(7-6-12(16)3)20-18(24)17-14-11-19-9-8-15(14)21-22-17/h6-7,10,19H,4-5,8-9,11H2,1-3H3,(H,20,24)(H,21,22). The predicted octanol–water partition coefficient (Wildman–Crippen LogP) is 1.65. The van der Waals surface area contributed by atoms with Crippen molar-refractivity contribution in [2.75, 3.05) is 25.0 Å². The molecule has 146 valence electrons. The van der Waals surface area contributed by atoms with Gasteiger partial charge in [-0.1, -0.05) is 19.9 Å². The fraction of sp³-hybridized carbons (Fsp3) is 0.444. The monoisotopic (exact) mass is 391 g/mol. The number of aromatic nitrogens is 2. The molecule has 8 nitrogen and oxygen atoms in total. The van der Waals surface area contributed by atoms with E-state index in [1.165, 1.54) is 10.4 Å². The van der Waals surface area contributed by atoms with Crippen LogP contribution in [0.25, 0.3) is 0 Å². The van der Waals surface area contributed by atoms with Crippen LogP contribution < -0.4 is 10.6 Å². The van der Waals surface area contributed by atoms with Gasteiger partial charge in [-0.05, 0) is 24.6 Å². The summed E-state index contributed by atoms with van der Waals surface area (Å²) < 4.78 is 27.1. The van der Waals surface area contributed by atoms with E-state index >= 15 is 0 Å². The van der Waals surface area contributed by atoms with Gasteiger partial charge in [0.05, 0.1) is 4.90 Å². The third-order valence-corrected chi connectivity index (χ3v) is 6.98. The molecule has 0 spiro atoms. The van der Waals surface area contributed by atoms with Crippen LogP contribution in [-0.4, -0.2) is 48.5 Å². The number of sulfonamides is 1. The number of nitrogens with zero attached hydrogens (tertiary/aromatic N) is 2. The normalized spacial score (nSPS) is 14.2. The van der Waals surface area contributed by atoms with Crippen molar-refractivity contribution in [1.82, 2.24) is 19.8 Å². The largest absolute Gasteiger partial charge is 0.321 e. The summed E-state index contributed by atoms with van der Waals surface area (Å²) in [5, 5.41) is 13.0. The van der Waals surface area contributed by atoms with Crippen LogP contribution in [0.2, 0.25) is 0 Å². The fourth-order valence-corrected chi connectivity index (χ4v) is 4.97. The molecule has 3 rings (SSSR count). The minimum absolute atomic E-state index is 0.203. The summed E-state index contributed by atoms with van der Waals surface area (Å²) in [4.78, 5) is 12.9. The smallest absolute Gasteiger partial charge is 0.276 e. The van der Waals surface area contributed by atoms with Gasteiger partial charge in [-0.25, -0.2) is 8.42 Å². The zero-order chi connectivity index (χ0) is 19.6. The Morgan fingerprint density at radius 3 is 2.74 bits per heavy atom. The molecule has 3 N–H and O–H groups in total. The first-order valence-electron chi connectivity index (χ1n) is 9.07. The second-order valence-corrected chi connectivity index (χ2v) is 8.39. The maximum atomic E-state index is 12.9. The van der Waals surface area contributed by atoms with Gasteiger partial charge in [0.2, 0.25) is 10.0 Å². The highest BCUT2D eigenvalue weighted by atomic mass is 32.2. The van der Waals surface area contributed by atoms with E-state index in [9.17, 15) is 13.2 Å². The lowest BCUT2D eigenvalue weighted by Crippen LogP contribution is -2.31. The van der Waals surface area contributed by atoms with Gasteiger partial charge in [0.15, 0.2) is 5.69 Å². The number of aryl methyl sites for hydroxylation is 1. The van der Waals surface area contributed by atoms with E-state index in [0.29, 0.717) is 36.6 Å². The molecule has 0 bridgehead atoms. The Hall–Kier alpha value is -2.23. The SMILES string of the molecule is CCN(CC)S(=O)(=O)c1cc(NC(=O)c2n[nH]c3c2CNCC3)ccc1C. The molecule has 2 aromatic rings. The van der Waals surface area contributed by atoms with Crippen molar-refractivity contribution in [3.05, 3.63) is 40.7 Å². The lowest BCUT2D eigenvalue weighted by molar-refractivity contribution is 0.102. The summed E-state index contributed by atoms with van der Waals surface area (Å²) in [6, 6.07) is 4.91. The number of carbonyl (C=O) groups is 1. The van der Waals surface area contributed by atoms with E-state index in [2.05, 4.69) is 20.8 Å². The van der Waals surface area contributed by atoms with Gasteiger partial charge in [-0.15, -0.1) is 0 Å². The van der Waals surface area contributed by atoms with E-state index in [-0.39, 0.29) is 10.8 Å². The number of H-pyrrole nitrogens is 1. The molecule has 0 aliphatic carbocycles. The highest BCUT2D eigenvalue weighted by Crippen LogP contribution is 2.24. The first-order valence-corrected chi connectivity index (χ1v) is 10.5. The molecule has 0 saturated carbocycles. The van der Waals surface area contributed by atoms with Crippen molar-refractivity contribution in [3.63, 3.8) is 0 Å². The molecule has 27 heavy (non-hydrogen) atoms. The molecule has 2 heterocycles. The fourth-order valence-electron chi connectivity index (χ4n) is 3.26. The number of nitrogens with one attached hydrogen (secondary N) is 3. The summed E-state index contributed by atoms with van der Waals surface area (Å²) in [6.45, 7) is 7.57. The number of amides is 1. The van der Waals surface area contributed by atoms with Gasteiger partial charge in [0, 0.05) is 49.5 Å². The maximum Gasteiger partial charge on any atom is 0.276 e. The van der Waals surface area contributed by atoms with Crippen LogP contribution in [0.4, 0.5) is 5.69 Å². The minimum Gasteiger partial charge on any atom is -0.321 e. The Kier molecular flexibility index (Phi) is 5.64. The third-order valence-electron chi connectivity index (χ3n) is 4.79. The van der Waals surface area contributed by atoms with Crippen LogP contribution in [0, 0.1) is 6.92 Å². The van der Waals surface area contributed by atoms with Crippen LogP contribution in [0.3, 0.4) is 0 Å². The second-order valence-electron chi connectivity index (χ2n) is 6.48. The first-order chi connectivity index (χ1) is 12.9. The van der Waals surface area contributed by atoms with Gasteiger partial charge < -0.3 is 10.6 Å². The highest BCUT2D eigenvalue weighted by molar-refractivity contribution is 7.89. The van der Waals surface area contributed by atoms with Gasteiger partial charge in [0.1, 0.15) is 0 Å². The summed E-state index contributed by atoms with van der Waals surface area (Å²) in [7, 11) is -3.61. The van der Waals surface area contributed by atoms with Crippen LogP contribution in [0.15, 0.2) is 23.1 Å². The van der Waals surface area contributed by atoms with Crippen molar-refractivity contribution in [2.45, 2.75) is 38.6 Å². The van der Waals surface area contributed by atoms with Crippen LogP contribution in [0.5, 0.6) is 0 Å². The summed E-state index contributed by atoms with van der Waals surface area (Å²) in [5.74, 6) is -0.355. The van der Waals surface area contributed by atoms with Crippen molar-refractivity contribution >= 4 is 21.6 Å². The number of benzene rings is 1. The molecular weight excluding hydrogens is 366 g/mol. The van der Waals surface area contributed by atoms with Gasteiger partial charge in [0.25, 0.3) is 5.91 Å². The molecule has 1 aliphatic rings. The Morgan fingerprint density at radius 1 is 1.30 bits per heavy atom. The zero-order valence-corrected chi connectivity index (χ0v) is 16.6. The topological polar surface area (TPSA) is 107 Å². The molecule has 0 atom stereocenters. The van der Waals surface area contributed by atoms with Crippen molar-refractivity contribution in [2.24, 2.45) is 0 Å². The number of hydrogen-bond acceptors (Lipinski definition) is 5. The number of carbonyl (C=O) groups excluding carboxylic acids is 1. The van der Waals surface area contributed by atoms with E-state index in [4.69, 9.17) is 0 Å². The molecule has 1 aromatic heterocycles. The molecular formula is C18H25N5O3S. The average Bonchev–Trinajstić information content (AvgIpc) is 3.08. The molecule has 0 fully saturated rings. The molecule has 1 aliphatic heterocycles. The molecule has 9 heteroatoms. The number of aromatic amines is 1. The van der Waals surface area contributed by atoms with E-state index in [0.717, 1.165) is 24.2 Å². The Labute approximate surface area is 159 Å². The summed E-state index contributed by atoms with van der Waals surface area (Å²) >= 11 is 0. The molecule has 0 saturated heterocycles. The van der Waals surface area contributed by atoms with E-state index < -0.39 is 10.0 Å². The lowest BCUT2D eigenvalue weighted by Gasteiger charge is -2.20. The second kappa shape index (κ2) is 7.79. The van der Waals surface area contributed by atoms with E-state index in [1.807, 2.05) is 0 Å². The highest BCUT2D eigenvalue weighted by Gasteiger charge is 2.25. The van der Waals surface area contributed by atoms with Crippen molar-refractivity contribution in [3.8, 4) is 0 Å². The predicted molar refractivity (Wildman–Crippen MR) is 103 cm³/mol. The average molecular weight is 391 g/mol. The van der Waals surface area contributed by atoms with Gasteiger partial charge in [-0.3, -0.25) is 9.89 Å². The summed E-state index contributed by atoms with van der Waals surface area (Å²) in [5.41, 5.74) is 3.23. The van der Waals surface area contributed by atoms with Crippen LogP contribution >= 0.6 is 0 Å². The lowest BCUT2D eigenvalue weighted by atomic mass is 10.1. The molecule has 0 radical (unpaired) electrons. The third kappa shape index (κ3) is 3.76. The number of anilines is 1. The maximum absolute atomic E-state index is 12.9. The van der Waals surface area contributed by atoms with Gasteiger partial charge >= 0.3 is 0 Å². The molecule has 0 unspecified atom stereocenters. The zero-order valence-electron chi connectivity index (χ0n) is 15.8. The number of hydrogen-bond donors (Lipinski definition) is 3. The van der Waals surface area contributed by atoms with Crippen molar-refractivity contribution < 1.29 is 13.2 Å².